The molecule has 0 heterocycles. The van der Waals surface area contributed by atoms with Crippen LogP contribution in [0.4, 0.5) is 0 Å². The smallest absolute Gasteiger partial charge is 0.318 e. The van der Waals surface area contributed by atoms with E-state index >= 15 is 0 Å². The number of carbonyl (C=O) groups excluding carboxylic acids is 1. The first-order valence-electron chi connectivity index (χ1n) is 5.27. The van der Waals surface area contributed by atoms with Crippen molar-refractivity contribution in [1.82, 2.24) is 9.79 Å². The molecule has 1 rings (SSSR count). The summed E-state index contributed by atoms with van der Waals surface area (Å²) in [6, 6.07) is 6.95. The number of hydrogen-bond donors (Lipinski definition) is 3. The Kier molecular flexibility index (Phi) is 6.13. The van der Waals surface area contributed by atoms with Crippen molar-refractivity contribution in [3.05, 3.63) is 24.3 Å². The molecular weight excluding hydrogens is 272 g/mol. The number of carboxylic acids is 1. The van der Waals surface area contributed by atoms with Gasteiger partial charge in [-0.15, -0.1) is 0 Å². The lowest BCUT2D eigenvalue weighted by Crippen LogP contribution is -2.34. The molecule has 0 aromatic heterocycles. The van der Waals surface area contributed by atoms with Gasteiger partial charge >= 0.3 is 5.97 Å². The quantitative estimate of drug-likeness (QED) is 0.383. The first-order valence-corrected chi connectivity index (χ1v) is 6.04. The van der Waals surface area contributed by atoms with Crippen molar-refractivity contribution in [3.63, 3.8) is 0 Å². The summed E-state index contributed by atoms with van der Waals surface area (Å²) in [5, 5.41) is 17.2. The monoisotopic (exact) mass is 286 g/mol. The molecule has 0 unspecified atom stereocenters. The average Bonchev–Trinajstić information content (AvgIpc) is 2.38. The Balaban J connectivity index is 2.69. The molecule has 8 heteroatoms. The van der Waals surface area contributed by atoms with Gasteiger partial charge in [0.15, 0.2) is 0 Å². The first kappa shape index (κ1) is 15.3. The molecule has 1 aromatic carbocycles. The average molecular weight is 286 g/mol. The van der Waals surface area contributed by atoms with Crippen molar-refractivity contribution < 1.29 is 24.6 Å². The van der Waals surface area contributed by atoms with Crippen LogP contribution in [-0.4, -0.2) is 46.7 Å². The molecule has 0 bridgehead atoms. The van der Waals surface area contributed by atoms with Crippen molar-refractivity contribution in [2.24, 2.45) is 0 Å². The van der Waals surface area contributed by atoms with E-state index in [9.17, 15) is 9.59 Å². The third kappa shape index (κ3) is 5.60. The lowest BCUT2D eigenvalue weighted by Gasteiger charge is -2.17. The van der Waals surface area contributed by atoms with Crippen molar-refractivity contribution in [2.45, 2.75) is 4.90 Å². The number of hydroxylamine groups is 1. The van der Waals surface area contributed by atoms with Crippen LogP contribution in [0.2, 0.25) is 0 Å². The maximum absolute atomic E-state index is 11.1. The van der Waals surface area contributed by atoms with Crippen LogP contribution in [0, 0.1) is 0 Å². The first-order chi connectivity index (χ1) is 9.05. The molecule has 0 aliphatic carbocycles. The van der Waals surface area contributed by atoms with Crippen molar-refractivity contribution in [1.29, 1.82) is 0 Å². The van der Waals surface area contributed by atoms with Gasteiger partial charge in [-0.1, -0.05) is 0 Å². The van der Waals surface area contributed by atoms with Gasteiger partial charge in [0.05, 0.1) is 13.7 Å². The van der Waals surface area contributed by atoms with Gasteiger partial charge in [-0.25, -0.2) is 9.79 Å². The molecule has 0 aliphatic heterocycles. The van der Waals surface area contributed by atoms with Gasteiger partial charge in [0.1, 0.15) is 12.3 Å². The summed E-state index contributed by atoms with van der Waals surface area (Å²) < 4.78 is 6.32. The number of ether oxygens (including phenoxy) is 1. The highest BCUT2D eigenvalue weighted by Crippen LogP contribution is 2.24. The van der Waals surface area contributed by atoms with Crippen molar-refractivity contribution in [3.8, 4) is 5.75 Å². The van der Waals surface area contributed by atoms with E-state index in [2.05, 4.69) is 0 Å². The third-order valence-electron chi connectivity index (χ3n) is 2.05. The van der Waals surface area contributed by atoms with Crippen LogP contribution < -0.4 is 10.2 Å². The largest absolute Gasteiger partial charge is 0.497 e. The molecule has 0 saturated carbocycles. The Labute approximate surface area is 114 Å². The normalized spacial score (nSPS) is 10.3. The number of amides is 1. The number of hydrogen-bond acceptors (Lipinski definition) is 6. The van der Waals surface area contributed by atoms with Gasteiger partial charge in [0.25, 0.3) is 5.91 Å². The van der Waals surface area contributed by atoms with Crippen LogP contribution in [0.15, 0.2) is 29.2 Å². The van der Waals surface area contributed by atoms with E-state index in [-0.39, 0.29) is 13.1 Å². The molecule has 104 valence electrons. The Morgan fingerprint density at radius 1 is 1.32 bits per heavy atom. The predicted molar refractivity (Wildman–Crippen MR) is 68.0 cm³/mol. The highest BCUT2D eigenvalue weighted by molar-refractivity contribution is 7.97. The minimum absolute atomic E-state index is 0.237. The Hall–Kier alpha value is -1.77. The summed E-state index contributed by atoms with van der Waals surface area (Å²) in [4.78, 5) is 22.5. The van der Waals surface area contributed by atoms with Gasteiger partial charge in [-0.3, -0.25) is 14.8 Å². The molecule has 0 saturated heterocycles. The molecule has 19 heavy (non-hydrogen) atoms. The number of nitrogens with one attached hydrogen (secondary N) is 1. The van der Waals surface area contributed by atoms with Gasteiger partial charge in [-0.2, -0.15) is 0 Å². The minimum Gasteiger partial charge on any atom is -0.497 e. The fraction of sp³-hybridized carbons (Fsp3) is 0.273. The number of nitrogens with zero attached hydrogens (tertiary/aromatic N) is 1. The molecular formula is C11H14N2O5S. The summed E-state index contributed by atoms with van der Waals surface area (Å²) >= 11 is 1.10. The number of carbonyl (C=O) groups is 2. The predicted octanol–water partition coefficient (Wildman–Crippen LogP) is 0.594. The molecule has 0 radical (unpaired) electrons. The van der Waals surface area contributed by atoms with Gasteiger partial charge in [-0.05, 0) is 36.2 Å². The zero-order chi connectivity index (χ0) is 14.3. The number of aliphatic carboxylic acids is 1. The summed E-state index contributed by atoms with van der Waals surface area (Å²) in [6.45, 7) is -0.566. The second-order valence-electron chi connectivity index (χ2n) is 3.49. The molecule has 1 aromatic rings. The van der Waals surface area contributed by atoms with E-state index < -0.39 is 11.9 Å². The van der Waals surface area contributed by atoms with E-state index in [0.29, 0.717) is 5.75 Å². The zero-order valence-electron chi connectivity index (χ0n) is 10.2. The van der Waals surface area contributed by atoms with Crippen molar-refractivity contribution in [2.75, 3.05) is 20.2 Å². The molecule has 1 amide bonds. The van der Waals surface area contributed by atoms with Crippen LogP contribution in [0.25, 0.3) is 0 Å². The Morgan fingerprint density at radius 3 is 2.42 bits per heavy atom. The van der Waals surface area contributed by atoms with Crippen LogP contribution in [0.3, 0.4) is 0 Å². The standard InChI is InChI=1S/C11H14N2O5S/c1-18-8-2-4-9(5-3-8)19-13(7-11(15)16)6-10(14)12-17/h2-5,17H,6-7H2,1H3,(H,12,14)(H,15,16). The molecule has 3 N–H and O–H groups in total. The molecule has 0 aliphatic rings. The van der Waals surface area contributed by atoms with Crippen LogP contribution in [-0.2, 0) is 9.59 Å². The number of carboxylic acid groups (broad SMARTS) is 1. The summed E-state index contributed by atoms with van der Waals surface area (Å²) in [7, 11) is 1.55. The fourth-order valence-electron chi connectivity index (χ4n) is 1.25. The molecule has 7 nitrogen and oxygen atoms in total. The van der Waals surface area contributed by atoms with E-state index in [1.807, 2.05) is 0 Å². The molecule has 0 spiro atoms. The zero-order valence-corrected chi connectivity index (χ0v) is 11.0. The van der Waals surface area contributed by atoms with Gasteiger partial charge < -0.3 is 9.84 Å². The Morgan fingerprint density at radius 2 is 1.95 bits per heavy atom. The summed E-state index contributed by atoms with van der Waals surface area (Å²) in [6.07, 6.45) is 0. The number of benzene rings is 1. The van der Waals surface area contributed by atoms with Crippen LogP contribution >= 0.6 is 11.9 Å². The Bertz CT molecular complexity index is 437. The van der Waals surface area contributed by atoms with Crippen LogP contribution in [0.5, 0.6) is 5.75 Å². The summed E-state index contributed by atoms with van der Waals surface area (Å²) in [5.41, 5.74) is 1.47. The van der Waals surface area contributed by atoms with E-state index in [0.717, 1.165) is 16.8 Å². The number of rotatable bonds is 7. The van der Waals surface area contributed by atoms with Crippen molar-refractivity contribution >= 4 is 23.8 Å². The minimum atomic E-state index is -1.06. The molecule has 0 fully saturated rings. The van der Waals surface area contributed by atoms with E-state index in [1.165, 1.54) is 9.79 Å². The topological polar surface area (TPSA) is 99.1 Å². The summed E-state index contributed by atoms with van der Waals surface area (Å²) in [5.74, 6) is -1.06. The highest BCUT2D eigenvalue weighted by atomic mass is 32.2. The highest BCUT2D eigenvalue weighted by Gasteiger charge is 2.15. The SMILES string of the molecule is COc1ccc(SN(CC(=O)O)CC(=O)NO)cc1. The fourth-order valence-corrected chi connectivity index (χ4v) is 2.17. The maximum Gasteiger partial charge on any atom is 0.318 e. The molecule has 0 atom stereocenters. The second kappa shape index (κ2) is 7.62. The van der Waals surface area contributed by atoms with Gasteiger partial charge in [0.2, 0.25) is 0 Å². The third-order valence-corrected chi connectivity index (χ3v) is 3.05. The van der Waals surface area contributed by atoms with E-state index in [1.54, 1.807) is 31.4 Å². The lowest BCUT2D eigenvalue weighted by atomic mass is 10.3. The maximum atomic E-state index is 11.1. The second-order valence-corrected chi connectivity index (χ2v) is 4.66. The van der Waals surface area contributed by atoms with E-state index in [4.69, 9.17) is 15.1 Å². The van der Waals surface area contributed by atoms with Crippen LogP contribution in [0.1, 0.15) is 0 Å². The lowest BCUT2D eigenvalue weighted by molar-refractivity contribution is -0.137. The number of methoxy groups -OCH3 is 1. The van der Waals surface area contributed by atoms with Gasteiger partial charge in [0, 0.05) is 4.90 Å².